The third-order valence-corrected chi connectivity index (χ3v) is 4.87. The average Bonchev–Trinajstić information content (AvgIpc) is 2.91. The Bertz CT molecular complexity index is 668. The normalized spacial score (nSPS) is 28.9. The molecule has 3 saturated heterocycles. The van der Waals surface area contributed by atoms with Gasteiger partial charge in [0.25, 0.3) is 5.91 Å². The van der Waals surface area contributed by atoms with Crippen LogP contribution in [0, 0.1) is 5.92 Å². The maximum Gasteiger partial charge on any atom is 0.284 e. The van der Waals surface area contributed by atoms with Gasteiger partial charge in [0.1, 0.15) is 5.58 Å². The van der Waals surface area contributed by atoms with Crippen molar-refractivity contribution in [2.24, 2.45) is 11.7 Å². The number of nitrogens with two attached hydrogens (primary N) is 1. The molecule has 20 heavy (non-hydrogen) atoms. The molecule has 4 nitrogen and oxygen atoms in total. The second-order valence-electron chi connectivity index (χ2n) is 6.02. The number of furan rings is 1. The number of carbonyl (C=O) groups is 1. The molecule has 2 bridgehead atoms. The second-order valence-corrected chi connectivity index (χ2v) is 6.02. The topological polar surface area (TPSA) is 59.5 Å². The standard InChI is InChI=1S/C16H18N2O2/c17-16(19)15-8-12-2-1-11(7-14(12)20-15)13-9-18-5-3-10(13)4-6-18/h1-2,7-8,10,13H,3-6,9H2,(H2,17,19)/t13-/m1/s1. The second kappa shape index (κ2) is 4.35. The molecule has 1 aromatic carbocycles. The first-order chi connectivity index (χ1) is 9.70. The first-order valence-electron chi connectivity index (χ1n) is 7.26. The fraction of sp³-hybridized carbons (Fsp3) is 0.438. The van der Waals surface area contributed by atoms with E-state index in [1.807, 2.05) is 6.07 Å². The van der Waals surface area contributed by atoms with Crippen LogP contribution in [-0.4, -0.2) is 30.4 Å². The predicted molar refractivity (Wildman–Crippen MR) is 76.6 cm³/mol. The van der Waals surface area contributed by atoms with Crippen molar-refractivity contribution in [2.45, 2.75) is 18.8 Å². The van der Waals surface area contributed by atoms with Crippen LogP contribution < -0.4 is 5.73 Å². The number of hydrogen-bond acceptors (Lipinski definition) is 3. The highest BCUT2D eigenvalue weighted by Gasteiger charge is 2.35. The smallest absolute Gasteiger partial charge is 0.284 e. The number of rotatable bonds is 2. The number of carbonyl (C=O) groups excluding carboxylic acids is 1. The lowest BCUT2D eigenvalue weighted by molar-refractivity contribution is 0.0871. The van der Waals surface area contributed by atoms with E-state index in [0.29, 0.717) is 5.92 Å². The van der Waals surface area contributed by atoms with Crippen LogP contribution in [0.3, 0.4) is 0 Å². The minimum absolute atomic E-state index is 0.242. The van der Waals surface area contributed by atoms with E-state index >= 15 is 0 Å². The van der Waals surface area contributed by atoms with Gasteiger partial charge in [-0.1, -0.05) is 12.1 Å². The van der Waals surface area contributed by atoms with Crippen molar-refractivity contribution in [3.63, 3.8) is 0 Å². The number of primary amides is 1. The molecule has 0 saturated carbocycles. The highest BCUT2D eigenvalue weighted by molar-refractivity contribution is 5.95. The quantitative estimate of drug-likeness (QED) is 0.911. The lowest BCUT2D eigenvalue weighted by Gasteiger charge is -2.45. The van der Waals surface area contributed by atoms with Gasteiger partial charge in [-0.15, -0.1) is 0 Å². The molecule has 3 aliphatic rings. The van der Waals surface area contributed by atoms with Crippen molar-refractivity contribution in [3.05, 3.63) is 35.6 Å². The summed E-state index contributed by atoms with van der Waals surface area (Å²) in [7, 11) is 0. The average molecular weight is 270 g/mol. The fourth-order valence-corrected chi connectivity index (χ4v) is 3.74. The van der Waals surface area contributed by atoms with E-state index in [2.05, 4.69) is 17.0 Å². The van der Waals surface area contributed by atoms with Gasteiger partial charge in [0.15, 0.2) is 5.76 Å². The molecule has 0 radical (unpaired) electrons. The van der Waals surface area contributed by atoms with Crippen molar-refractivity contribution in [2.75, 3.05) is 19.6 Å². The number of amides is 1. The molecule has 1 aromatic heterocycles. The molecule has 2 N–H and O–H groups in total. The summed E-state index contributed by atoms with van der Waals surface area (Å²) in [6.07, 6.45) is 2.60. The third kappa shape index (κ3) is 1.83. The van der Waals surface area contributed by atoms with Crippen LogP contribution in [0.1, 0.15) is 34.9 Å². The monoisotopic (exact) mass is 270 g/mol. The minimum Gasteiger partial charge on any atom is -0.451 e. The van der Waals surface area contributed by atoms with E-state index < -0.39 is 5.91 Å². The van der Waals surface area contributed by atoms with Crippen LogP contribution in [0.5, 0.6) is 0 Å². The van der Waals surface area contributed by atoms with E-state index in [9.17, 15) is 4.79 Å². The number of piperidine rings is 3. The van der Waals surface area contributed by atoms with Gasteiger partial charge in [-0.05, 0) is 55.5 Å². The summed E-state index contributed by atoms with van der Waals surface area (Å²) in [4.78, 5) is 13.7. The summed E-state index contributed by atoms with van der Waals surface area (Å²) in [5, 5.41) is 0.948. The zero-order valence-corrected chi connectivity index (χ0v) is 11.3. The van der Waals surface area contributed by atoms with Crippen molar-refractivity contribution in [1.29, 1.82) is 0 Å². The first-order valence-corrected chi connectivity index (χ1v) is 7.26. The molecular formula is C16H18N2O2. The summed E-state index contributed by atoms with van der Waals surface area (Å²) >= 11 is 0. The molecule has 1 atom stereocenters. The van der Waals surface area contributed by atoms with E-state index in [1.165, 1.54) is 31.5 Å². The zero-order valence-electron chi connectivity index (χ0n) is 11.3. The van der Waals surface area contributed by atoms with E-state index in [4.69, 9.17) is 10.2 Å². The maximum absolute atomic E-state index is 11.2. The zero-order chi connectivity index (χ0) is 13.7. The van der Waals surface area contributed by atoms with Crippen molar-refractivity contribution < 1.29 is 9.21 Å². The van der Waals surface area contributed by atoms with Crippen molar-refractivity contribution in [3.8, 4) is 0 Å². The number of nitrogens with zero attached hydrogens (tertiary/aromatic N) is 1. The number of benzene rings is 1. The molecule has 3 aliphatic heterocycles. The third-order valence-electron chi connectivity index (χ3n) is 4.87. The number of fused-ring (bicyclic) bond motifs is 4. The summed E-state index contributed by atoms with van der Waals surface area (Å²) in [5.74, 6) is 1.13. The van der Waals surface area contributed by atoms with Gasteiger partial charge in [0.2, 0.25) is 0 Å². The SMILES string of the molecule is NC(=O)c1cc2ccc([C@@H]3CN4CCC3CC4)cc2o1. The number of hydrogen-bond donors (Lipinski definition) is 1. The predicted octanol–water partition coefficient (Wildman–Crippen LogP) is 2.34. The van der Waals surface area contributed by atoms with Gasteiger partial charge in [-0.2, -0.15) is 0 Å². The largest absolute Gasteiger partial charge is 0.451 e. The van der Waals surface area contributed by atoms with Gasteiger partial charge in [-0.25, -0.2) is 0 Å². The summed E-state index contributed by atoms with van der Waals surface area (Å²) < 4.78 is 5.55. The van der Waals surface area contributed by atoms with Gasteiger partial charge < -0.3 is 15.1 Å². The molecular weight excluding hydrogens is 252 g/mol. The van der Waals surface area contributed by atoms with Crippen LogP contribution in [0.4, 0.5) is 0 Å². The van der Waals surface area contributed by atoms with E-state index in [1.54, 1.807) is 6.07 Å². The molecule has 3 fully saturated rings. The maximum atomic E-state index is 11.2. The molecule has 5 rings (SSSR count). The van der Waals surface area contributed by atoms with Gasteiger partial charge in [-0.3, -0.25) is 4.79 Å². The van der Waals surface area contributed by atoms with Gasteiger partial charge in [0.05, 0.1) is 0 Å². The lowest BCUT2D eigenvalue weighted by atomic mass is 9.75. The lowest BCUT2D eigenvalue weighted by Crippen LogP contribution is -2.46. The van der Waals surface area contributed by atoms with E-state index in [0.717, 1.165) is 23.4 Å². The van der Waals surface area contributed by atoms with Crippen LogP contribution in [0.2, 0.25) is 0 Å². The minimum atomic E-state index is -0.509. The highest BCUT2D eigenvalue weighted by atomic mass is 16.3. The van der Waals surface area contributed by atoms with Gasteiger partial charge >= 0.3 is 0 Å². The van der Waals surface area contributed by atoms with Crippen molar-refractivity contribution in [1.82, 2.24) is 4.90 Å². The summed E-state index contributed by atoms with van der Waals surface area (Å²) in [5.41, 5.74) is 7.37. The Morgan fingerprint density at radius 1 is 1.25 bits per heavy atom. The molecule has 104 valence electrons. The highest BCUT2D eigenvalue weighted by Crippen LogP contribution is 2.39. The molecule has 0 spiro atoms. The van der Waals surface area contributed by atoms with Crippen LogP contribution >= 0.6 is 0 Å². The van der Waals surface area contributed by atoms with Crippen LogP contribution in [0.25, 0.3) is 11.0 Å². The molecule has 4 heterocycles. The van der Waals surface area contributed by atoms with Crippen LogP contribution in [-0.2, 0) is 0 Å². The van der Waals surface area contributed by atoms with E-state index in [-0.39, 0.29) is 5.76 Å². The molecule has 0 unspecified atom stereocenters. The van der Waals surface area contributed by atoms with Crippen molar-refractivity contribution >= 4 is 16.9 Å². The molecule has 1 amide bonds. The van der Waals surface area contributed by atoms with Gasteiger partial charge in [0, 0.05) is 11.9 Å². The Balaban J connectivity index is 1.71. The molecule has 2 aromatic rings. The Morgan fingerprint density at radius 2 is 2.05 bits per heavy atom. The Labute approximate surface area is 117 Å². The molecule has 0 aliphatic carbocycles. The molecule has 4 heteroatoms. The Hall–Kier alpha value is -1.81. The first kappa shape index (κ1) is 12.0. The summed E-state index contributed by atoms with van der Waals surface area (Å²) in [6.45, 7) is 3.64. The fourth-order valence-electron chi connectivity index (χ4n) is 3.74. The Kier molecular flexibility index (Phi) is 2.60. The van der Waals surface area contributed by atoms with Crippen LogP contribution in [0.15, 0.2) is 28.7 Å². The summed E-state index contributed by atoms with van der Waals surface area (Å²) in [6, 6.07) is 8.03. The Morgan fingerprint density at radius 3 is 2.70 bits per heavy atom.